The van der Waals surface area contributed by atoms with Gasteiger partial charge in [-0.25, -0.2) is 9.59 Å². The number of hydrogen-bond acceptors (Lipinski definition) is 13. The number of nitrogens with two attached hydrogens (primary N) is 1. The number of carbonyl (C=O) groups is 4. The van der Waals surface area contributed by atoms with Crippen molar-refractivity contribution in [1.29, 1.82) is 0 Å². The van der Waals surface area contributed by atoms with Gasteiger partial charge < -0.3 is 55.2 Å². The fraction of sp³-hybridized carbons (Fsp3) is 0.672. The van der Waals surface area contributed by atoms with Gasteiger partial charge in [0.1, 0.15) is 35.3 Å². The summed E-state index contributed by atoms with van der Waals surface area (Å²) >= 11 is 13.2. The molecule has 0 amide bonds. The normalized spacial score (nSPS) is 38.2. The molecule has 6 fully saturated rings. The summed E-state index contributed by atoms with van der Waals surface area (Å²) in [6.07, 6.45) is 8.71. The zero-order valence-corrected chi connectivity index (χ0v) is 49.8. The molecule has 15 nitrogen and oxygen atoms in total. The van der Waals surface area contributed by atoms with E-state index in [9.17, 15) is 29.4 Å². The summed E-state index contributed by atoms with van der Waals surface area (Å²) in [4.78, 5) is 53.9. The lowest BCUT2D eigenvalue weighted by Crippen LogP contribution is -2.63. The topological polar surface area (TPSA) is 253 Å². The second kappa shape index (κ2) is 23.7. The minimum atomic E-state index is -0.711. The Morgan fingerprint density at radius 3 is 1.46 bits per heavy atom. The Bertz CT molecular complexity index is 2570. The first kappa shape index (κ1) is 63.8. The smallest absolute Gasteiger partial charge is 0.344 e. The number of halogens is 2. The zero-order valence-electron chi connectivity index (χ0n) is 48.3. The highest BCUT2D eigenvalue weighted by atomic mass is 35.5. The van der Waals surface area contributed by atoms with E-state index in [-0.39, 0.29) is 88.6 Å². The number of ketones is 2. The van der Waals surface area contributed by atoms with Crippen LogP contribution < -0.4 is 26.1 Å². The van der Waals surface area contributed by atoms with E-state index in [2.05, 4.69) is 61.6 Å². The lowest BCUT2D eigenvalue weighted by Gasteiger charge is -2.61. The van der Waals surface area contributed by atoms with E-state index in [4.69, 9.17) is 57.2 Å². The number of aryl methyl sites for hydroxylation is 1. The van der Waals surface area contributed by atoms with Gasteiger partial charge in [0.15, 0.2) is 13.2 Å². The SMILES string of the molecule is C=C[C@]1(C)C[C@@H](OC(=O)COc2cc(CC)c3c(c2Cl)[B]OC3)[C@]2(C)[C@H](C)CC[C@]3(CCC(=O)[C@H]32)[C@@H](C)[C@@H]1O.C=C[C@]1(C)C[C@@H](OC(=O)COc2cc(CN)c3c(c2Cl)[B]OC3)[C@]2(C)[C@H](C)CC[C@]3(CCC(=O)[C@H]32)[C@@H](C)[C@@H]1O.O.O. The number of esters is 2. The molecule has 19 heteroatoms. The average molecular weight is 1150 g/mol. The van der Waals surface area contributed by atoms with Crippen molar-refractivity contribution in [1.82, 2.24) is 0 Å². The second-order valence-corrected chi connectivity index (χ2v) is 26.4. The van der Waals surface area contributed by atoms with Crippen molar-refractivity contribution >= 4 is 72.6 Å². The molecular formula is C61H85B2Cl2NO14. The van der Waals surface area contributed by atoms with E-state index in [1.807, 2.05) is 19.9 Å². The van der Waals surface area contributed by atoms with E-state index in [0.29, 0.717) is 65.9 Å². The first-order valence-electron chi connectivity index (χ1n) is 28.5. The number of hydrogen-bond donors (Lipinski definition) is 3. The first-order chi connectivity index (χ1) is 36.8. The number of carbonyl (C=O) groups excluding carboxylic acids is 4. The van der Waals surface area contributed by atoms with Gasteiger partial charge >= 0.3 is 26.9 Å². The van der Waals surface area contributed by atoms with Crippen molar-refractivity contribution in [2.75, 3.05) is 13.2 Å². The van der Waals surface area contributed by atoms with Crippen molar-refractivity contribution in [2.45, 2.75) is 177 Å². The third kappa shape index (κ3) is 10.1. The summed E-state index contributed by atoms with van der Waals surface area (Å²) in [6.45, 7) is 27.4. The van der Waals surface area contributed by atoms with Gasteiger partial charge in [0.25, 0.3) is 0 Å². The van der Waals surface area contributed by atoms with Crippen molar-refractivity contribution in [2.24, 2.45) is 73.7 Å². The minimum absolute atomic E-state index is 0. The van der Waals surface area contributed by atoms with Crippen LogP contribution in [0.15, 0.2) is 37.4 Å². The minimum Gasteiger partial charge on any atom is -0.480 e. The Hall–Kier alpha value is -3.77. The molecule has 438 valence electrons. The molecule has 10 rings (SSSR count). The van der Waals surface area contributed by atoms with Crippen LogP contribution >= 0.6 is 23.2 Å². The van der Waals surface area contributed by atoms with Crippen molar-refractivity contribution in [3.8, 4) is 11.5 Å². The molecule has 8 aliphatic rings. The largest absolute Gasteiger partial charge is 0.480 e. The summed E-state index contributed by atoms with van der Waals surface area (Å²) in [6, 6.07) is 3.62. The maximum absolute atomic E-state index is 13.6. The van der Waals surface area contributed by atoms with Crippen molar-refractivity contribution in [3.63, 3.8) is 0 Å². The Morgan fingerprint density at radius 2 is 1.09 bits per heavy atom. The van der Waals surface area contributed by atoms with Gasteiger partial charge in [0, 0.05) is 52.9 Å². The fourth-order valence-electron chi connectivity index (χ4n) is 16.9. The van der Waals surface area contributed by atoms with E-state index in [1.165, 1.54) is 0 Å². The molecule has 6 aliphatic carbocycles. The highest BCUT2D eigenvalue weighted by molar-refractivity contribution is 6.56. The van der Waals surface area contributed by atoms with E-state index in [1.54, 1.807) is 33.2 Å². The first-order valence-corrected chi connectivity index (χ1v) is 29.2. The predicted octanol–water partition coefficient (Wildman–Crippen LogP) is 7.17. The van der Waals surface area contributed by atoms with Gasteiger partial charge in [-0.15, -0.1) is 13.2 Å². The molecule has 2 heterocycles. The Kier molecular flexibility index (Phi) is 18.9. The number of ether oxygens (including phenoxy) is 4. The van der Waals surface area contributed by atoms with Crippen LogP contribution in [0.25, 0.3) is 0 Å². The zero-order chi connectivity index (χ0) is 56.7. The molecule has 2 aromatic rings. The number of aliphatic hydroxyl groups excluding tert-OH is 2. The molecule has 0 spiro atoms. The molecule has 8 N–H and O–H groups in total. The second-order valence-electron chi connectivity index (χ2n) is 25.6. The van der Waals surface area contributed by atoms with Crippen LogP contribution in [0.1, 0.15) is 149 Å². The molecule has 0 saturated heterocycles. The highest BCUT2D eigenvalue weighted by Gasteiger charge is 2.70. The molecule has 2 radical (unpaired) electrons. The molecule has 0 aromatic heterocycles. The Balaban J connectivity index is 0.000000225. The summed E-state index contributed by atoms with van der Waals surface area (Å²) in [7, 11) is 3.21. The molecule has 2 aromatic carbocycles. The Labute approximate surface area is 484 Å². The van der Waals surface area contributed by atoms with E-state index in [0.717, 1.165) is 72.7 Å². The van der Waals surface area contributed by atoms with Crippen LogP contribution in [0.3, 0.4) is 0 Å². The fourth-order valence-corrected chi connectivity index (χ4v) is 17.4. The summed E-state index contributed by atoms with van der Waals surface area (Å²) in [5, 5.41) is 24.1. The third-order valence-corrected chi connectivity index (χ3v) is 23.0. The highest BCUT2D eigenvalue weighted by Crippen LogP contribution is 2.70. The van der Waals surface area contributed by atoms with Gasteiger partial charge in [-0.1, -0.05) is 97.7 Å². The standard InChI is InChI=1S/C31H41BClO6.C30H40BClNO6.2H2O/c1-7-19-13-22(26(33)25-20(19)15-38-32-25)37-16-24(35)39-23-14-29(5,8-2)28(36)18(4)31-11-9-17(3)30(23,6)27(31)21(34)10-12-31;1-6-28(4)12-22(29(5)16(2)7-9-30(17(3)27(28)36)10-8-20(34)26(29)30)39-23(35)15-37-21-11-18(13-33)19-14-38-31-24(19)25(21)32;;/h8,13,17-18,23,27-28,36H,2,7,9-12,14-16H2,1,3-6H3;6,11,16-17,22,26-27,36H,1,7-10,12-15,33H2,2-5H3;2*1H2/t17-,18+,23-,27+,28+,29-,30+,31+;16-,17+,22-,26+,27+,28-,29+,30+;;/m11../s1. The molecule has 0 unspecified atom stereocenters. The predicted molar refractivity (Wildman–Crippen MR) is 308 cm³/mol. The maximum Gasteiger partial charge on any atom is 0.344 e. The van der Waals surface area contributed by atoms with Crippen LogP contribution in [-0.2, 0) is 64.1 Å². The number of rotatable bonds is 12. The van der Waals surface area contributed by atoms with Gasteiger partial charge in [-0.2, -0.15) is 0 Å². The van der Waals surface area contributed by atoms with Crippen LogP contribution in [0.4, 0.5) is 0 Å². The van der Waals surface area contributed by atoms with Crippen molar-refractivity contribution < 1.29 is 68.6 Å². The van der Waals surface area contributed by atoms with Gasteiger partial charge in [-0.05, 0) is 138 Å². The third-order valence-electron chi connectivity index (χ3n) is 22.2. The molecule has 80 heavy (non-hydrogen) atoms. The average Bonchev–Trinajstić information content (AvgIpc) is 4.31. The number of aliphatic hydroxyl groups is 2. The van der Waals surface area contributed by atoms with Crippen molar-refractivity contribution in [3.05, 3.63) is 69.7 Å². The number of benzene rings is 2. The summed E-state index contributed by atoms with van der Waals surface area (Å²) in [5.41, 5.74) is 8.17. The summed E-state index contributed by atoms with van der Waals surface area (Å²) < 4.78 is 35.2. The lowest BCUT2D eigenvalue weighted by atomic mass is 9.44. The van der Waals surface area contributed by atoms with Crippen LogP contribution in [0, 0.1) is 68.0 Å². The van der Waals surface area contributed by atoms with Gasteiger partial charge in [0.05, 0.1) is 35.5 Å². The maximum atomic E-state index is 13.6. The van der Waals surface area contributed by atoms with Crippen LogP contribution in [0.2, 0.25) is 10.0 Å². The molecule has 4 bridgehead atoms. The molecule has 16 atom stereocenters. The van der Waals surface area contributed by atoms with E-state index < -0.39 is 58.0 Å². The van der Waals surface area contributed by atoms with Crippen LogP contribution in [0.5, 0.6) is 11.5 Å². The quantitative estimate of drug-likeness (QED) is 0.108. The molecular weight excluding hydrogens is 1060 g/mol. The summed E-state index contributed by atoms with van der Waals surface area (Å²) in [5.74, 6) is -0.208. The molecule has 2 aliphatic heterocycles. The van der Waals surface area contributed by atoms with E-state index >= 15 is 0 Å². The lowest BCUT2D eigenvalue weighted by molar-refractivity contribution is -0.207. The number of fused-ring (bicyclic) bond motifs is 2. The molecule has 6 saturated carbocycles. The van der Waals surface area contributed by atoms with Crippen LogP contribution in [-0.4, -0.2) is 97.3 Å². The van der Waals surface area contributed by atoms with Gasteiger partial charge in [-0.3, -0.25) is 9.59 Å². The number of Topliss-reactive ketones (excluding diaryl/α,β-unsaturated/α-hetero) is 2. The van der Waals surface area contributed by atoms with Gasteiger partial charge in [0.2, 0.25) is 0 Å². The monoisotopic (exact) mass is 1150 g/mol. The Morgan fingerprint density at radius 1 is 0.700 bits per heavy atom.